The van der Waals surface area contributed by atoms with Crippen molar-refractivity contribution in [3.05, 3.63) is 93.4 Å². The van der Waals surface area contributed by atoms with Crippen molar-refractivity contribution in [3.63, 3.8) is 0 Å². The van der Waals surface area contributed by atoms with Crippen LogP contribution < -0.4 is 5.56 Å². The molecule has 0 aliphatic heterocycles. The summed E-state index contributed by atoms with van der Waals surface area (Å²) in [5.74, 6) is -1.25. The quantitative estimate of drug-likeness (QED) is 0.306. The first-order valence-corrected chi connectivity index (χ1v) is 11.0. The molecule has 0 spiro atoms. The molecule has 35 heavy (non-hydrogen) atoms. The minimum absolute atomic E-state index is 0.0868. The Labute approximate surface area is 199 Å². The van der Waals surface area contributed by atoms with Crippen molar-refractivity contribution in [3.8, 4) is 22.6 Å². The zero-order valence-corrected chi connectivity index (χ0v) is 18.8. The molecule has 0 bridgehead atoms. The lowest BCUT2D eigenvalue weighted by molar-refractivity contribution is 0.0697. The number of aryl methyl sites for hydroxylation is 2. The number of benzene rings is 3. The van der Waals surface area contributed by atoms with Gasteiger partial charge in [-0.2, -0.15) is 0 Å². The van der Waals surface area contributed by atoms with E-state index in [9.17, 15) is 24.9 Å². The second-order valence-electron chi connectivity index (χ2n) is 8.42. The van der Waals surface area contributed by atoms with Crippen molar-refractivity contribution in [2.45, 2.75) is 25.9 Å². The second kappa shape index (κ2) is 8.69. The number of aromatic nitrogens is 2. The van der Waals surface area contributed by atoms with Gasteiger partial charge in [0.05, 0.1) is 23.0 Å². The van der Waals surface area contributed by atoms with Gasteiger partial charge < -0.3 is 15.3 Å². The number of hydrogen-bond acceptors (Lipinski definition) is 6. The molecular formula is C26H22N4O5. The Morgan fingerprint density at radius 2 is 1.89 bits per heavy atom. The van der Waals surface area contributed by atoms with Crippen LogP contribution in [0.1, 0.15) is 39.7 Å². The number of fused-ring (bicyclic) bond motifs is 1. The molecule has 1 aromatic heterocycles. The summed E-state index contributed by atoms with van der Waals surface area (Å²) < 4.78 is 1.35. The molecule has 0 saturated heterocycles. The number of rotatable bonds is 5. The molecule has 1 heterocycles. The number of aliphatic hydroxyl groups is 1. The zero-order chi connectivity index (χ0) is 24.7. The van der Waals surface area contributed by atoms with E-state index in [1.54, 1.807) is 43.3 Å². The van der Waals surface area contributed by atoms with E-state index >= 15 is 0 Å². The average molecular weight is 470 g/mol. The van der Waals surface area contributed by atoms with Crippen LogP contribution in [0.3, 0.4) is 0 Å². The third-order valence-electron chi connectivity index (χ3n) is 6.17. The van der Waals surface area contributed by atoms with Gasteiger partial charge in [-0.3, -0.25) is 9.89 Å². The highest BCUT2D eigenvalue weighted by atomic mass is 16.4. The summed E-state index contributed by atoms with van der Waals surface area (Å²) >= 11 is 0. The third kappa shape index (κ3) is 4.02. The maximum Gasteiger partial charge on any atom is 0.335 e. The topological polar surface area (TPSA) is 140 Å². The monoisotopic (exact) mass is 470 g/mol. The minimum atomic E-state index is -1.07. The van der Waals surface area contributed by atoms with E-state index in [0.717, 1.165) is 17.5 Å². The summed E-state index contributed by atoms with van der Waals surface area (Å²) in [7, 11) is 0. The van der Waals surface area contributed by atoms with Crippen molar-refractivity contribution in [1.29, 1.82) is 0 Å². The molecule has 1 aliphatic carbocycles. The number of aromatic amines is 1. The first-order chi connectivity index (χ1) is 16.8. The third-order valence-corrected chi connectivity index (χ3v) is 6.17. The number of nitrogens with one attached hydrogen (secondary N) is 1. The average Bonchev–Trinajstić information content (AvgIpc) is 3.36. The van der Waals surface area contributed by atoms with Crippen LogP contribution in [0.2, 0.25) is 0 Å². The number of carboxylic acids is 1. The summed E-state index contributed by atoms with van der Waals surface area (Å²) in [5, 5.41) is 41.4. The SMILES string of the molecule is Cc1[nH]n(-c2ccc3c(c2)C(O)CC3)c(=O)c1N=Nc1cccc(-c2cccc(C(=O)O)c2)c1O. The van der Waals surface area contributed by atoms with Gasteiger partial charge in [0.2, 0.25) is 0 Å². The molecule has 9 nitrogen and oxygen atoms in total. The van der Waals surface area contributed by atoms with Gasteiger partial charge in [-0.15, -0.1) is 10.2 Å². The zero-order valence-electron chi connectivity index (χ0n) is 18.8. The summed E-state index contributed by atoms with van der Waals surface area (Å²) in [6.45, 7) is 1.70. The summed E-state index contributed by atoms with van der Waals surface area (Å²) in [6.07, 6.45) is 0.931. The van der Waals surface area contributed by atoms with Crippen LogP contribution in [-0.4, -0.2) is 31.1 Å². The first kappa shape index (κ1) is 22.3. The molecule has 3 aromatic carbocycles. The molecule has 176 valence electrons. The number of phenols is 1. The van der Waals surface area contributed by atoms with Gasteiger partial charge in [-0.1, -0.05) is 30.3 Å². The van der Waals surface area contributed by atoms with Gasteiger partial charge in [-0.25, -0.2) is 9.48 Å². The maximum atomic E-state index is 13.1. The molecular weight excluding hydrogens is 448 g/mol. The number of phenolic OH excluding ortho intramolecular Hbond substituents is 1. The summed E-state index contributed by atoms with van der Waals surface area (Å²) in [5.41, 5.74) is 3.77. The van der Waals surface area contributed by atoms with Crippen LogP contribution >= 0.6 is 0 Å². The molecule has 9 heteroatoms. The van der Waals surface area contributed by atoms with E-state index < -0.39 is 17.6 Å². The van der Waals surface area contributed by atoms with Gasteiger partial charge >= 0.3 is 5.97 Å². The Hall–Kier alpha value is -4.50. The molecule has 5 rings (SSSR count). The van der Waals surface area contributed by atoms with Crippen molar-refractivity contribution in [2.24, 2.45) is 10.2 Å². The lowest BCUT2D eigenvalue weighted by Gasteiger charge is -2.07. The number of nitrogens with zero attached hydrogens (tertiary/aromatic N) is 3. The van der Waals surface area contributed by atoms with Crippen LogP contribution in [0.15, 0.2) is 75.7 Å². The van der Waals surface area contributed by atoms with Crippen molar-refractivity contribution in [1.82, 2.24) is 9.78 Å². The predicted octanol–water partition coefficient (Wildman–Crippen LogP) is 4.94. The molecule has 4 aromatic rings. The Morgan fingerprint density at radius 1 is 1.09 bits per heavy atom. The summed E-state index contributed by atoms with van der Waals surface area (Å²) in [4.78, 5) is 24.4. The predicted molar refractivity (Wildman–Crippen MR) is 129 cm³/mol. The van der Waals surface area contributed by atoms with Gasteiger partial charge in [0.15, 0.2) is 11.4 Å². The second-order valence-corrected chi connectivity index (χ2v) is 8.42. The fourth-order valence-corrected chi connectivity index (χ4v) is 4.31. The van der Waals surface area contributed by atoms with Crippen LogP contribution in [0.5, 0.6) is 5.75 Å². The minimum Gasteiger partial charge on any atom is -0.505 e. The van der Waals surface area contributed by atoms with Crippen LogP contribution in [0, 0.1) is 6.92 Å². The number of aliphatic hydroxyl groups excluding tert-OH is 1. The molecule has 4 N–H and O–H groups in total. The molecule has 0 fully saturated rings. The molecule has 1 unspecified atom stereocenters. The highest BCUT2D eigenvalue weighted by molar-refractivity contribution is 5.90. The largest absolute Gasteiger partial charge is 0.505 e. The van der Waals surface area contributed by atoms with Gasteiger partial charge in [0, 0.05) is 5.56 Å². The first-order valence-electron chi connectivity index (χ1n) is 11.0. The molecule has 0 radical (unpaired) electrons. The lowest BCUT2D eigenvalue weighted by Crippen LogP contribution is -2.14. The fourth-order valence-electron chi connectivity index (χ4n) is 4.31. The number of para-hydroxylation sites is 1. The van der Waals surface area contributed by atoms with Crippen LogP contribution in [-0.2, 0) is 6.42 Å². The smallest absolute Gasteiger partial charge is 0.335 e. The van der Waals surface area contributed by atoms with E-state index in [4.69, 9.17) is 0 Å². The standard InChI is InChI=1S/C26H22N4O5/c1-14-23(25(33)30(29-14)18-10-8-15-9-11-22(31)20(15)13-18)28-27-21-7-3-6-19(24(21)32)16-4-2-5-17(12-16)26(34)35/h2-8,10,12-13,22,29,31-32H,9,11H2,1H3,(H,34,35). The number of aromatic carboxylic acids is 1. The Balaban J connectivity index is 1.49. The van der Waals surface area contributed by atoms with Crippen molar-refractivity contribution < 1.29 is 20.1 Å². The normalized spacial score (nSPS) is 15.0. The Bertz CT molecular complexity index is 1550. The van der Waals surface area contributed by atoms with Crippen molar-refractivity contribution in [2.75, 3.05) is 0 Å². The number of carbonyl (C=O) groups is 1. The number of azo groups is 1. The van der Waals surface area contributed by atoms with E-state index in [1.165, 1.54) is 16.8 Å². The molecule has 0 amide bonds. The van der Waals surface area contributed by atoms with Crippen LogP contribution in [0.4, 0.5) is 11.4 Å². The van der Waals surface area contributed by atoms with Gasteiger partial charge in [0.1, 0.15) is 5.69 Å². The number of H-pyrrole nitrogens is 1. The van der Waals surface area contributed by atoms with E-state index in [1.807, 2.05) is 12.1 Å². The van der Waals surface area contributed by atoms with E-state index in [-0.39, 0.29) is 22.7 Å². The lowest BCUT2D eigenvalue weighted by atomic mass is 10.0. The maximum absolute atomic E-state index is 13.1. The molecule has 1 atom stereocenters. The number of aromatic hydroxyl groups is 1. The highest BCUT2D eigenvalue weighted by Crippen LogP contribution is 2.38. The van der Waals surface area contributed by atoms with Crippen molar-refractivity contribution >= 4 is 17.3 Å². The van der Waals surface area contributed by atoms with E-state index in [0.29, 0.717) is 28.9 Å². The molecule has 1 aliphatic rings. The van der Waals surface area contributed by atoms with Gasteiger partial charge in [0.25, 0.3) is 5.56 Å². The van der Waals surface area contributed by atoms with E-state index in [2.05, 4.69) is 15.3 Å². The van der Waals surface area contributed by atoms with Crippen LogP contribution in [0.25, 0.3) is 16.8 Å². The Kier molecular flexibility index (Phi) is 5.54. The number of carboxylic acid groups (broad SMARTS) is 1. The fraction of sp³-hybridized carbons (Fsp3) is 0.154. The van der Waals surface area contributed by atoms with Gasteiger partial charge in [-0.05, 0) is 66.8 Å². The summed E-state index contributed by atoms with van der Waals surface area (Å²) in [6, 6.07) is 16.6. The highest BCUT2D eigenvalue weighted by Gasteiger charge is 2.22. The number of hydrogen-bond donors (Lipinski definition) is 4. The molecule has 0 saturated carbocycles. The Morgan fingerprint density at radius 3 is 2.69 bits per heavy atom.